The fraction of sp³-hybridized carbons (Fsp3) is 0.875. The molecule has 3 nitrogen and oxygen atoms in total. The van der Waals surface area contributed by atoms with E-state index in [9.17, 15) is 4.79 Å². The largest absolute Gasteiger partial charge is 0.344 e. The highest BCUT2D eigenvalue weighted by Crippen LogP contribution is 1.98. The number of amides is 1. The van der Waals surface area contributed by atoms with E-state index in [0.717, 1.165) is 18.8 Å². The first-order valence-corrected chi connectivity index (χ1v) is 5.49. The number of nitrogens with zero attached hydrogens (tertiary/aromatic N) is 1. The quantitative estimate of drug-likeness (QED) is 0.659. The second-order valence-electron chi connectivity index (χ2n) is 2.66. The van der Waals surface area contributed by atoms with Crippen LogP contribution in [0.4, 0.5) is 0 Å². The molecule has 0 spiro atoms. The van der Waals surface area contributed by atoms with Crippen LogP contribution < -0.4 is 5.32 Å². The van der Waals surface area contributed by atoms with E-state index in [1.807, 2.05) is 20.4 Å². The van der Waals surface area contributed by atoms with Crippen LogP contribution in [0.3, 0.4) is 0 Å². The molecule has 12 heavy (non-hydrogen) atoms. The van der Waals surface area contributed by atoms with Gasteiger partial charge in [-0.1, -0.05) is 0 Å². The van der Waals surface area contributed by atoms with Gasteiger partial charge in [-0.2, -0.15) is 11.8 Å². The van der Waals surface area contributed by atoms with E-state index in [4.69, 9.17) is 0 Å². The summed E-state index contributed by atoms with van der Waals surface area (Å²) < 4.78 is 0. The molecule has 0 aromatic heterocycles. The summed E-state index contributed by atoms with van der Waals surface area (Å²) in [5, 5.41) is 3.01. The zero-order chi connectivity index (χ0) is 9.40. The highest BCUT2D eigenvalue weighted by atomic mass is 32.2. The minimum absolute atomic E-state index is 0.236. The van der Waals surface area contributed by atoms with Gasteiger partial charge in [0, 0.05) is 32.3 Å². The van der Waals surface area contributed by atoms with Gasteiger partial charge in [0.05, 0.1) is 0 Å². The van der Waals surface area contributed by atoms with E-state index in [-0.39, 0.29) is 5.91 Å². The molecular weight excluding hydrogens is 172 g/mol. The van der Waals surface area contributed by atoms with Crippen LogP contribution in [0.5, 0.6) is 0 Å². The minimum Gasteiger partial charge on any atom is -0.344 e. The average molecular weight is 190 g/mol. The average Bonchev–Trinajstić information content (AvgIpc) is 2.10. The van der Waals surface area contributed by atoms with Gasteiger partial charge in [0.15, 0.2) is 0 Å². The van der Waals surface area contributed by atoms with Gasteiger partial charge in [-0.3, -0.25) is 4.79 Å². The second-order valence-corrected chi connectivity index (χ2v) is 3.65. The number of carbonyl (C=O) groups excluding carboxylic acids is 1. The Bertz CT molecular complexity index is 130. The molecule has 0 aliphatic rings. The van der Waals surface area contributed by atoms with Gasteiger partial charge in [-0.05, 0) is 13.3 Å². The van der Waals surface area contributed by atoms with E-state index in [1.54, 1.807) is 16.7 Å². The van der Waals surface area contributed by atoms with Crippen LogP contribution in [0, 0.1) is 0 Å². The summed E-state index contributed by atoms with van der Waals surface area (Å²) in [6.45, 7) is 1.66. The third kappa shape index (κ3) is 5.43. The number of thioether (sulfide) groups is 1. The number of nitrogens with one attached hydrogen (secondary N) is 1. The van der Waals surface area contributed by atoms with Crippen molar-refractivity contribution < 1.29 is 4.79 Å². The minimum atomic E-state index is 0.236. The molecule has 0 aliphatic carbocycles. The van der Waals surface area contributed by atoms with Crippen LogP contribution in [-0.2, 0) is 4.79 Å². The molecule has 0 unspecified atom stereocenters. The Morgan fingerprint density at radius 3 is 2.75 bits per heavy atom. The maximum atomic E-state index is 11.3. The lowest BCUT2D eigenvalue weighted by Crippen LogP contribution is -2.32. The topological polar surface area (TPSA) is 32.3 Å². The standard InChI is InChI=1S/C8H18N2OS/c1-9-5-6-10(2)8(11)4-7-12-3/h9H,4-7H2,1-3H3. The van der Waals surface area contributed by atoms with Gasteiger partial charge in [-0.15, -0.1) is 0 Å². The molecule has 4 heteroatoms. The smallest absolute Gasteiger partial charge is 0.223 e. The Morgan fingerprint density at radius 1 is 1.58 bits per heavy atom. The van der Waals surface area contributed by atoms with Crippen LogP contribution in [0.15, 0.2) is 0 Å². The normalized spacial score (nSPS) is 9.92. The van der Waals surface area contributed by atoms with Crippen molar-refractivity contribution in [1.82, 2.24) is 10.2 Å². The van der Waals surface area contributed by atoms with Crippen molar-refractivity contribution in [1.29, 1.82) is 0 Å². The summed E-state index contributed by atoms with van der Waals surface area (Å²) in [4.78, 5) is 13.1. The summed E-state index contributed by atoms with van der Waals surface area (Å²) in [6.07, 6.45) is 2.67. The van der Waals surface area contributed by atoms with E-state index in [1.165, 1.54) is 0 Å². The highest BCUT2D eigenvalue weighted by molar-refractivity contribution is 7.98. The zero-order valence-corrected chi connectivity index (χ0v) is 8.91. The Labute approximate surface area is 78.9 Å². The predicted molar refractivity (Wildman–Crippen MR) is 54.6 cm³/mol. The molecule has 0 saturated heterocycles. The lowest BCUT2D eigenvalue weighted by Gasteiger charge is -2.16. The number of hydrogen-bond donors (Lipinski definition) is 1. The molecule has 1 amide bonds. The lowest BCUT2D eigenvalue weighted by atomic mass is 10.4. The van der Waals surface area contributed by atoms with Crippen LogP contribution >= 0.6 is 11.8 Å². The van der Waals surface area contributed by atoms with Crippen molar-refractivity contribution in [3.05, 3.63) is 0 Å². The van der Waals surface area contributed by atoms with Crippen molar-refractivity contribution in [2.24, 2.45) is 0 Å². The van der Waals surface area contributed by atoms with Crippen LogP contribution in [-0.4, -0.2) is 50.0 Å². The van der Waals surface area contributed by atoms with E-state index in [0.29, 0.717) is 6.42 Å². The molecule has 0 heterocycles. The Hall–Kier alpha value is -0.220. The first-order chi connectivity index (χ1) is 5.72. The molecule has 0 radical (unpaired) electrons. The molecular formula is C8H18N2OS. The monoisotopic (exact) mass is 190 g/mol. The van der Waals surface area contributed by atoms with Crippen molar-refractivity contribution in [2.75, 3.05) is 39.2 Å². The van der Waals surface area contributed by atoms with E-state index >= 15 is 0 Å². The molecule has 1 N–H and O–H groups in total. The van der Waals surface area contributed by atoms with Gasteiger partial charge in [0.2, 0.25) is 5.91 Å². The SMILES string of the molecule is CNCCN(C)C(=O)CCSC. The van der Waals surface area contributed by atoms with Gasteiger partial charge >= 0.3 is 0 Å². The Morgan fingerprint density at radius 2 is 2.25 bits per heavy atom. The van der Waals surface area contributed by atoms with Gasteiger partial charge in [-0.25, -0.2) is 0 Å². The van der Waals surface area contributed by atoms with Crippen LogP contribution in [0.25, 0.3) is 0 Å². The Kier molecular flexibility index (Phi) is 7.29. The Balaban J connectivity index is 3.47. The molecule has 0 atom stereocenters. The fourth-order valence-electron chi connectivity index (χ4n) is 0.784. The zero-order valence-electron chi connectivity index (χ0n) is 8.09. The molecule has 0 bridgehead atoms. The van der Waals surface area contributed by atoms with Crippen molar-refractivity contribution in [2.45, 2.75) is 6.42 Å². The van der Waals surface area contributed by atoms with Gasteiger partial charge < -0.3 is 10.2 Å². The van der Waals surface area contributed by atoms with Crippen molar-refractivity contribution >= 4 is 17.7 Å². The molecule has 0 aromatic carbocycles. The summed E-state index contributed by atoms with van der Waals surface area (Å²) >= 11 is 1.71. The van der Waals surface area contributed by atoms with Crippen molar-refractivity contribution in [3.63, 3.8) is 0 Å². The summed E-state index contributed by atoms with van der Waals surface area (Å²) in [7, 11) is 3.74. The van der Waals surface area contributed by atoms with Crippen LogP contribution in [0.2, 0.25) is 0 Å². The third-order valence-corrected chi connectivity index (χ3v) is 2.26. The predicted octanol–water partition coefficient (Wildman–Crippen LogP) is 0.417. The lowest BCUT2D eigenvalue weighted by molar-refractivity contribution is -0.129. The molecule has 0 fully saturated rings. The van der Waals surface area contributed by atoms with Crippen molar-refractivity contribution in [3.8, 4) is 0 Å². The number of likely N-dealkylation sites (N-methyl/N-ethyl adjacent to an activating group) is 2. The fourth-order valence-corrected chi connectivity index (χ4v) is 1.16. The number of rotatable bonds is 6. The summed E-state index contributed by atoms with van der Waals surface area (Å²) in [5.74, 6) is 1.16. The number of carbonyl (C=O) groups is 1. The summed E-state index contributed by atoms with van der Waals surface area (Å²) in [6, 6.07) is 0. The van der Waals surface area contributed by atoms with Gasteiger partial charge in [0.25, 0.3) is 0 Å². The molecule has 0 aliphatic heterocycles. The first-order valence-electron chi connectivity index (χ1n) is 4.10. The van der Waals surface area contributed by atoms with E-state index in [2.05, 4.69) is 5.32 Å². The molecule has 0 saturated carbocycles. The first kappa shape index (κ1) is 11.8. The third-order valence-electron chi connectivity index (χ3n) is 1.64. The number of hydrogen-bond acceptors (Lipinski definition) is 3. The maximum Gasteiger partial charge on any atom is 0.223 e. The van der Waals surface area contributed by atoms with Gasteiger partial charge in [0.1, 0.15) is 0 Å². The highest BCUT2D eigenvalue weighted by Gasteiger charge is 2.05. The maximum absolute atomic E-state index is 11.3. The summed E-state index contributed by atoms with van der Waals surface area (Å²) in [5.41, 5.74) is 0. The molecule has 0 rings (SSSR count). The van der Waals surface area contributed by atoms with Crippen LogP contribution in [0.1, 0.15) is 6.42 Å². The molecule has 72 valence electrons. The van der Waals surface area contributed by atoms with E-state index < -0.39 is 0 Å². The second kappa shape index (κ2) is 7.43. The molecule has 0 aromatic rings.